The van der Waals surface area contributed by atoms with Crippen LogP contribution in [0.15, 0.2) is 42.5 Å². The third kappa shape index (κ3) is 2.13. The standard InChI is InChI=1S/C21H21NO3/c1-12-13-7-4-5-10-16(13)21(2,3)11-17-14-8-6-9-15(20(24)25)18(14)19(23)22(12)17/h4-10,12,17H,11H2,1-3H3,(H,24,25)/t12-,17-/m1/s1. The first-order valence-electron chi connectivity index (χ1n) is 8.61. The second-order valence-electron chi connectivity index (χ2n) is 7.65. The van der Waals surface area contributed by atoms with Gasteiger partial charge in [-0.05, 0) is 41.5 Å². The zero-order valence-electron chi connectivity index (χ0n) is 14.6. The van der Waals surface area contributed by atoms with Gasteiger partial charge in [-0.3, -0.25) is 4.79 Å². The summed E-state index contributed by atoms with van der Waals surface area (Å²) in [6.07, 6.45) is 0.774. The van der Waals surface area contributed by atoms with Crippen LogP contribution in [0.2, 0.25) is 0 Å². The monoisotopic (exact) mass is 335 g/mol. The van der Waals surface area contributed by atoms with Crippen LogP contribution >= 0.6 is 0 Å². The van der Waals surface area contributed by atoms with Gasteiger partial charge in [0.1, 0.15) is 0 Å². The van der Waals surface area contributed by atoms with Crippen LogP contribution in [0.25, 0.3) is 0 Å². The molecule has 1 N–H and O–H groups in total. The predicted octanol–water partition coefficient (Wildman–Crippen LogP) is 4.32. The van der Waals surface area contributed by atoms with Crippen molar-refractivity contribution in [3.63, 3.8) is 0 Å². The van der Waals surface area contributed by atoms with Gasteiger partial charge < -0.3 is 10.0 Å². The molecule has 128 valence electrons. The number of amides is 1. The Bertz CT molecular complexity index is 900. The van der Waals surface area contributed by atoms with Gasteiger partial charge in [-0.25, -0.2) is 4.79 Å². The van der Waals surface area contributed by atoms with Gasteiger partial charge in [0.2, 0.25) is 0 Å². The van der Waals surface area contributed by atoms with Crippen molar-refractivity contribution in [1.29, 1.82) is 0 Å². The third-order valence-corrected chi connectivity index (χ3v) is 5.73. The van der Waals surface area contributed by atoms with Gasteiger partial charge >= 0.3 is 5.97 Å². The first kappa shape index (κ1) is 15.9. The summed E-state index contributed by atoms with van der Waals surface area (Å²) in [7, 11) is 0. The molecule has 0 radical (unpaired) electrons. The molecule has 0 saturated heterocycles. The predicted molar refractivity (Wildman–Crippen MR) is 94.8 cm³/mol. The van der Waals surface area contributed by atoms with E-state index in [9.17, 15) is 14.7 Å². The maximum absolute atomic E-state index is 13.2. The van der Waals surface area contributed by atoms with Gasteiger partial charge in [0.05, 0.1) is 23.2 Å². The van der Waals surface area contributed by atoms with Crippen LogP contribution in [-0.2, 0) is 5.41 Å². The summed E-state index contributed by atoms with van der Waals surface area (Å²) in [5, 5.41) is 9.51. The number of hydrogen-bond acceptors (Lipinski definition) is 2. The lowest BCUT2D eigenvalue weighted by atomic mass is 9.76. The summed E-state index contributed by atoms with van der Waals surface area (Å²) >= 11 is 0. The highest BCUT2D eigenvalue weighted by molar-refractivity contribution is 6.08. The fourth-order valence-electron chi connectivity index (χ4n) is 4.56. The van der Waals surface area contributed by atoms with Gasteiger partial charge in [0.15, 0.2) is 0 Å². The van der Waals surface area contributed by atoms with Crippen LogP contribution < -0.4 is 0 Å². The topological polar surface area (TPSA) is 57.6 Å². The minimum absolute atomic E-state index is 0.0930. The Labute approximate surface area is 147 Å². The molecule has 4 heteroatoms. The summed E-state index contributed by atoms with van der Waals surface area (Å²) in [6, 6.07) is 13.3. The molecule has 0 spiro atoms. The summed E-state index contributed by atoms with van der Waals surface area (Å²) in [4.78, 5) is 26.7. The molecule has 2 aliphatic rings. The average Bonchev–Trinajstić information content (AvgIpc) is 2.81. The molecule has 2 aromatic rings. The number of carboxylic acid groups (broad SMARTS) is 1. The number of nitrogens with zero attached hydrogens (tertiary/aromatic N) is 1. The lowest BCUT2D eigenvalue weighted by molar-refractivity contribution is 0.0615. The molecule has 1 amide bonds. The van der Waals surface area contributed by atoms with E-state index in [4.69, 9.17) is 0 Å². The average molecular weight is 335 g/mol. The number of fused-ring (bicyclic) bond motifs is 4. The maximum atomic E-state index is 13.2. The molecule has 2 aromatic carbocycles. The van der Waals surface area contributed by atoms with Gasteiger partial charge in [-0.1, -0.05) is 50.2 Å². The van der Waals surface area contributed by atoms with Crippen molar-refractivity contribution in [2.75, 3.05) is 0 Å². The van der Waals surface area contributed by atoms with Crippen molar-refractivity contribution in [3.05, 3.63) is 70.3 Å². The van der Waals surface area contributed by atoms with Crippen LogP contribution in [0, 0.1) is 0 Å². The molecule has 2 atom stereocenters. The molecule has 0 aliphatic carbocycles. The number of hydrogen-bond donors (Lipinski definition) is 1. The first-order chi connectivity index (χ1) is 11.8. The van der Waals surface area contributed by atoms with E-state index in [0.29, 0.717) is 5.56 Å². The highest BCUT2D eigenvalue weighted by atomic mass is 16.4. The van der Waals surface area contributed by atoms with Crippen LogP contribution in [-0.4, -0.2) is 21.9 Å². The summed E-state index contributed by atoms with van der Waals surface area (Å²) in [5.41, 5.74) is 3.62. The summed E-state index contributed by atoms with van der Waals surface area (Å²) in [5.74, 6) is -1.21. The van der Waals surface area contributed by atoms with Gasteiger partial charge in [-0.15, -0.1) is 0 Å². The number of aromatic carboxylic acids is 1. The molecule has 0 saturated carbocycles. The lowest BCUT2D eigenvalue weighted by Crippen LogP contribution is -2.31. The van der Waals surface area contributed by atoms with E-state index in [0.717, 1.165) is 17.5 Å². The van der Waals surface area contributed by atoms with E-state index < -0.39 is 5.97 Å². The van der Waals surface area contributed by atoms with Gasteiger partial charge in [0.25, 0.3) is 5.91 Å². The lowest BCUT2D eigenvalue weighted by Gasteiger charge is -2.31. The van der Waals surface area contributed by atoms with Crippen LogP contribution in [0.1, 0.15) is 76.7 Å². The van der Waals surface area contributed by atoms with Crippen molar-refractivity contribution >= 4 is 11.9 Å². The number of carbonyl (C=O) groups excluding carboxylic acids is 1. The third-order valence-electron chi connectivity index (χ3n) is 5.73. The minimum atomic E-state index is -1.05. The fraction of sp³-hybridized carbons (Fsp3) is 0.333. The van der Waals surface area contributed by atoms with E-state index in [2.05, 4.69) is 26.0 Å². The van der Waals surface area contributed by atoms with Crippen molar-refractivity contribution in [3.8, 4) is 0 Å². The second kappa shape index (κ2) is 5.19. The van der Waals surface area contributed by atoms with E-state index in [1.54, 1.807) is 6.07 Å². The van der Waals surface area contributed by atoms with Crippen molar-refractivity contribution in [2.45, 2.75) is 44.7 Å². The largest absolute Gasteiger partial charge is 0.478 e. The van der Waals surface area contributed by atoms with Crippen LogP contribution in [0.4, 0.5) is 0 Å². The second-order valence-corrected chi connectivity index (χ2v) is 7.65. The normalized spacial score (nSPS) is 23.5. The molecule has 25 heavy (non-hydrogen) atoms. The molecule has 0 fully saturated rings. The van der Waals surface area contributed by atoms with Crippen molar-refractivity contribution < 1.29 is 14.7 Å². The molecule has 2 heterocycles. The Morgan fingerprint density at radius 1 is 1.12 bits per heavy atom. The van der Waals surface area contributed by atoms with Crippen LogP contribution in [0.5, 0.6) is 0 Å². The highest BCUT2D eigenvalue weighted by Gasteiger charge is 2.47. The van der Waals surface area contributed by atoms with E-state index in [-0.39, 0.29) is 29.0 Å². The summed E-state index contributed by atoms with van der Waals surface area (Å²) in [6.45, 7) is 6.44. The molecular weight excluding hydrogens is 314 g/mol. The molecule has 0 aromatic heterocycles. The molecule has 0 bridgehead atoms. The van der Waals surface area contributed by atoms with Crippen molar-refractivity contribution in [2.24, 2.45) is 0 Å². The zero-order valence-corrected chi connectivity index (χ0v) is 14.6. The van der Waals surface area contributed by atoms with Crippen molar-refractivity contribution in [1.82, 2.24) is 4.90 Å². The number of carboxylic acids is 1. The Morgan fingerprint density at radius 3 is 2.52 bits per heavy atom. The van der Waals surface area contributed by atoms with Gasteiger partial charge in [0, 0.05) is 0 Å². The first-order valence-corrected chi connectivity index (χ1v) is 8.61. The number of rotatable bonds is 1. The van der Waals surface area contributed by atoms with Crippen LogP contribution in [0.3, 0.4) is 0 Å². The fourth-order valence-corrected chi connectivity index (χ4v) is 4.56. The van der Waals surface area contributed by atoms with E-state index >= 15 is 0 Å². The Morgan fingerprint density at radius 2 is 1.80 bits per heavy atom. The van der Waals surface area contributed by atoms with E-state index in [1.165, 1.54) is 11.6 Å². The Balaban J connectivity index is 1.94. The van der Waals surface area contributed by atoms with E-state index in [1.807, 2.05) is 30.0 Å². The molecular formula is C21H21NO3. The maximum Gasteiger partial charge on any atom is 0.336 e. The number of benzene rings is 2. The molecule has 4 nitrogen and oxygen atoms in total. The smallest absolute Gasteiger partial charge is 0.336 e. The Hall–Kier alpha value is -2.62. The number of carbonyl (C=O) groups is 2. The Kier molecular flexibility index (Phi) is 3.29. The summed E-state index contributed by atoms with van der Waals surface area (Å²) < 4.78 is 0. The zero-order chi connectivity index (χ0) is 17.9. The quantitative estimate of drug-likeness (QED) is 0.844. The molecule has 0 unspecified atom stereocenters. The SMILES string of the molecule is C[C@@H]1c2ccccc2C(C)(C)C[C@@H]2c3cccc(C(=O)O)c3C(=O)N12. The minimum Gasteiger partial charge on any atom is -0.478 e. The highest BCUT2D eigenvalue weighted by Crippen LogP contribution is 2.51. The molecule has 2 aliphatic heterocycles. The van der Waals surface area contributed by atoms with Gasteiger partial charge in [-0.2, -0.15) is 0 Å². The molecule has 4 rings (SSSR count).